The highest BCUT2D eigenvalue weighted by molar-refractivity contribution is 5.92. The van der Waals surface area contributed by atoms with Gasteiger partial charge in [0.15, 0.2) is 17.2 Å². The molecule has 4 rings (SSSR count). The standard InChI is InChI=1S/C19H13F4N5O/c1-10(15-9-25-28-27-15)29-16-8-11(2-4-14(16)20)12-6-7-24-18-13(12)3-5-17(26-18)19(21,22)23/h2-10H,1H3,(H,25,27,28). The van der Waals surface area contributed by atoms with Crippen molar-refractivity contribution in [2.45, 2.75) is 19.2 Å². The molecule has 0 saturated carbocycles. The van der Waals surface area contributed by atoms with E-state index < -0.39 is 23.8 Å². The lowest BCUT2D eigenvalue weighted by Crippen LogP contribution is -2.08. The molecule has 148 valence electrons. The summed E-state index contributed by atoms with van der Waals surface area (Å²) in [5, 5.41) is 10.4. The summed E-state index contributed by atoms with van der Waals surface area (Å²) in [6.45, 7) is 1.69. The van der Waals surface area contributed by atoms with Gasteiger partial charge in [-0.2, -0.15) is 28.6 Å². The van der Waals surface area contributed by atoms with Crippen molar-refractivity contribution in [3.05, 3.63) is 66.0 Å². The average Bonchev–Trinajstić information content (AvgIpc) is 3.23. The number of H-pyrrole nitrogens is 1. The van der Waals surface area contributed by atoms with Gasteiger partial charge in [-0.15, -0.1) is 0 Å². The third-order valence-corrected chi connectivity index (χ3v) is 4.29. The van der Waals surface area contributed by atoms with Gasteiger partial charge in [0.2, 0.25) is 0 Å². The summed E-state index contributed by atoms with van der Waals surface area (Å²) in [4.78, 5) is 7.52. The zero-order valence-corrected chi connectivity index (χ0v) is 14.9. The van der Waals surface area contributed by atoms with Gasteiger partial charge < -0.3 is 4.74 Å². The highest BCUT2D eigenvalue weighted by atomic mass is 19.4. The molecule has 0 aliphatic rings. The van der Waals surface area contributed by atoms with Crippen LogP contribution in [0.3, 0.4) is 0 Å². The zero-order valence-electron chi connectivity index (χ0n) is 14.9. The number of aromatic nitrogens is 5. The van der Waals surface area contributed by atoms with Gasteiger partial charge in [0.05, 0.1) is 6.20 Å². The maximum Gasteiger partial charge on any atom is 0.433 e. The van der Waals surface area contributed by atoms with Crippen molar-refractivity contribution >= 4 is 11.0 Å². The number of alkyl halides is 3. The van der Waals surface area contributed by atoms with Crippen molar-refractivity contribution in [3.8, 4) is 16.9 Å². The van der Waals surface area contributed by atoms with Gasteiger partial charge in [-0.3, -0.25) is 0 Å². The fraction of sp³-hybridized carbons (Fsp3) is 0.158. The molecule has 0 amide bonds. The van der Waals surface area contributed by atoms with E-state index in [-0.39, 0.29) is 11.4 Å². The second-order valence-electron chi connectivity index (χ2n) is 6.22. The highest BCUT2D eigenvalue weighted by Crippen LogP contribution is 2.34. The first-order valence-corrected chi connectivity index (χ1v) is 8.48. The molecule has 4 aromatic rings. The third-order valence-electron chi connectivity index (χ3n) is 4.29. The molecule has 10 heteroatoms. The van der Waals surface area contributed by atoms with E-state index in [1.54, 1.807) is 13.0 Å². The Balaban J connectivity index is 1.74. The molecule has 3 heterocycles. The van der Waals surface area contributed by atoms with Crippen LogP contribution in [0.1, 0.15) is 24.4 Å². The first-order chi connectivity index (χ1) is 13.8. The van der Waals surface area contributed by atoms with Crippen molar-refractivity contribution in [3.63, 3.8) is 0 Å². The smallest absolute Gasteiger partial charge is 0.433 e. The Morgan fingerprint density at radius 1 is 1.10 bits per heavy atom. The molecule has 6 nitrogen and oxygen atoms in total. The molecule has 1 atom stereocenters. The molecule has 1 N–H and O–H groups in total. The molecule has 0 saturated heterocycles. The Morgan fingerprint density at radius 3 is 2.66 bits per heavy atom. The molecule has 0 spiro atoms. The number of ether oxygens (including phenoxy) is 1. The number of rotatable bonds is 4. The predicted molar refractivity (Wildman–Crippen MR) is 95.4 cm³/mol. The fourth-order valence-corrected chi connectivity index (χ4v) is 2.86. The summed E-state index contributed by atoms with van der Waals surface area (Å²) in [6.07, 6.45) is -2.32. The Morgan fingerprint density at radius 2 is 1.93 bits per heavy atom. The molecular formula is C19H13F4N5O. The topological polar surface area (TPSA) is 76.6 Å². The lowest BCUT2D eigenvalue weighted by molar-refractivity contribution is -0.141. The fourth-order valence-electron chi connectivity index (χ4n) is 2.86. The quantitative estimate of drug-likeness (QED) is 0.500. The zero-order chi connectivity index (χ0) is 20.6. The number of hydrogen-bond donors (Lipinski definition) is 1. The number of nitrogens with zero attached hydrogens (tertiary/aromatic N) is 4. The molecule has 1 unspecified atom stereocenters. The lowest BCUT2D eigenvalue weighted by atomic mass is 10.0. The van der Waals surface area contributed by atoms with E-state index >= 15 is 0 Å². The van der Waals surface area contributed by atoms with Crippen LogP contribution in [0.2, 0.25) is 0 Å². The van der Waals surface area contributed by atoms with Crippen LogP contribution in [0.4, 0.5) is 17.6 Å². The summed E-state index contributed by atoms with van der Waals surface area (Å²) < 4.78 is 58.7. The summed E-state index contributed by atoms with van der Waals surface area (Å²) in [6, 6.07) is 8.02. The Kier molecular flexibility index (Phi) is 4.61. The molecule has 0 radical (unpaired) electrons. The third kappa shape index (κ3) is 3.73. The van der Waals surface area contributed by atoms with Crippen LogP contribution in [0, 0.1) is 5.82 Å². The van der Waals surface area contributed by atoms with Crippen LogP contribution < -0.4 is 4.74 Å². The van der Waals surface area contributed by atoms with E-state index in [9.17, 15) is 17.6 Å². The van der Waals surface area contributed by atoms with Crippen molar-refractivity contribution < 1.29 is 22.3 Å². The molecule has 0 fully saturated rings. The van der Waals surface area contributed by atoms with Gasteiger partial charge in [-0.25, -0.2) is 14.4 Å². The van der Waals surface area contributed by atoms with Crippen LogP contribution in [-0.2, 0) is 6.18 Å². The number of hydrogen-bond acceptors (Lipinski definition) is 5. The van der Waals surface area contributed by atoms with E-state index in [2.05, 4.69) is 25.4 Å². The monoisotopic (exact) mass is 403 g/mol. The molecule has 0 aliphatic heterocycles. The Hall–Kier alpha value is -3.56. The van der Waals surface area contributed by atoms with E-state index in [1.165, 1.54) is 36.7 Å². The predicted octanol–water partition coefficient (Wildman–Crippen LogP) is 4.71. The first-order valence-electron chi connectivity index (χ1n) is 8.48. The second-order valence-corrected chi connectivity index (χ2v) is 6.22. The summed E-state index contributed by atoms with van der Waals surface area (Å²) >= 11 is 0. The Labute approximate surface area is 161 Å². The molecule has 0 aliphatic carbocycles. The molecular weight excluding hydrogens is 390 g/mol. The number of nitrogens with one attached hydrogen (secondary N) is 1. The number of aromatic amines is 1. The highest BCUT2D eigenvalue weighted by Gasteiger charge is 2.32. The lowest BCUT2D eigenvalue weighted by Gasteiger charge is -2.14. The largest absolute Gasteiger partial charge is 0.481 e. The van der Waals surface area contributed by atoms with E-state index in [0.29, 0.717) is 22.2 Å². The van der Waals surface area contributed by atoms with Crippen molar-refractivity contribution in [1.29, 1.82) is 0 Å². The van der Waals surface area contributed by atoms with Gasteiger partial charge in [0.25, 0.3) is 0 Å². The number of fused-ring (bicyclic) bond motifs is 1. The van der Waals surface area contributed by atoms with Crippen LogP contribution in [0.5, 0.6) is 5.75 Å². The van der Waals surface area contributed by atoms with Crippen molar-refractivity contribution in [2.75, 3.05) is 0 Å². The first kappa shape index (κ1) is 18.8. The number of halogens is 4. The Bertz CT molecular complexity index is 1160. The minimum Gasteiger partial charge on any atom is -0.481 e. The molecule has 3 aromatic heterocycles. The maximum absolute atomic E-state index is 14.3. The number of benzene rings is 1. The minimum atomic E-state index is -4.57. The number of pyridine rings is 2. The van der Waals surface area contributed by atoms with E-state index in [0.717, 1.165) is 6.07 Å². The summed E-state index contributed by atoms with van der Waals surface area (Å²) in [5.74, 6) is -0.609. The average molecular weight is 403 g/mol. The van der Waals surface area contributed by atoms with Gasteiger partial charge in [-0.1, -0.05) is 6.07 Å². The normalized spacial score (nSPS) is 12.9. The van der Waals surface area contributed by atoms with Gasteiger partial charge in [0, 0.05) is 11.6 Å². The van der Waals surface area contributed by atoms with E-state index in [4.69, 9.17) is 4.74 Å². The van der Waals surface area contributed by atoms with Gasteiger partial charge in [-0.05, 0) is 48.4 Å². The SMILES string of the molecule is CC(Oc1cc(-c2ccnc3nc(C(F)(F)F)ccc23)ccc1F)c1cn[nH]n1. The summed E-state index contributed by atoms with van der Waals surface area (Å²) in [7, 11) is 0. The van der Waals surface area contributed by atoms with Crippen LogP contribution >= 0.6 is 0 Å². The van der Waals surface area contributed by atoms with E-state index in [1.807, 2.05) is 0 Å². The van der Waals surface area contributed by atoms with Crippen LogP contribution in [0.15, 0.2) is 48.8 Å². The molecule has 1 aromatic carbocycles. The van der Waals surface area contributed by atoms with Crippen molar-refractivity contribution in [2.24, 2.45) is 0 Å². The molecule has 29 heavy (non-hydrogen) atoms. The van der Waals surface area contributed by atoms with Gasteiger partial charge >= 0.3 is 6.18 Å². The molecule has 0 bridgehead atoms. The second kappa shape index (κ2) is 7.12. The van der Waals surface area contributed by atoms with Gasteiger partial charge in [0.1, 0.15) is 17.5 Å². The maximum atomic E-state index is 14.3. The van der Waals surface area contributed by atoms with Crippen LogP contribution in [0.25, 0.3) is 22.2 Å². The van der Waals surface area contributed by atoms with Crippen molar-refractivity contribution in [1.82, 2.24) is 25.4 Å². The van der Waals surface area contributed by atoms with Crippen LogP contribution in [-0.4, -0.2) is 25.4 Å². The summed E-state index contributed by atoms with van der Waals surface area (Å²) in [5.41, 5.74) is 0.505. The minimum absolute atomic E-state index is 0.0252.